The standard InChI is InChI=1S/C18H17FO2/c1-11-4-5-14(8-12(11)2)16(10-18(20)21)15-6-7-17(19)13(3)9-15/h4-10H,1-3H3,(H,20,21)/b16-10+. The molecule has 0 fully saturated rings. The molecule has 0 radical (unpaired) electrons. The Balaban J connectivity index is 2.60. The van der Waals surface area contributed by atoms with Gasteiger partial charge in [0.05, 0.1) is 0 Å². The summed E-state index contributed by atoms with van der Waals surface area (Å²) in [6.45, 7) is 5.65. The lowest BCUT2D eigenvalue weighted by molar-refractivity contribution is -0.131. The second kappa shape index (κ2) is 5.92. The van der Waals surface area contributed by atoms with Gasteiger partial charge in [-0.3, -0.25) is 0 Å². The van der Waals surface area contributed by atoms with E-state index in [9.17, 15) is 9.18 Å². The van der Waals surface area contributed by atoms with E-state index in [2.05, 4.69) is 0 Å². The van der Waals surface area contributed by atoms with Gasteiger partial charge in [-0.1, -0.05) is 24.3 Å². The Bertz CT molecular complexity index is 676. The van der Waals surface area contributed by atoms with Crippen LogP contribution in [0.3, 0.4) is 0 Å². The van der Waals surface area contributed by atoms with E-state index in [4.69, 9.17) is 5.11 Å². The summed E-state index contributed by atoms with van der Waals surface area (Å²) >= 11 is 0. The van der Waals surface area contributed by atoms with Crippen molar-refractivity contribution in [3.05, 3.63) is 76.1 Å². The summed E-state index contributed by atoms with van der Waals surface area (Å²) < 4.78 is 13.4. The lowest BCUT2D eigenvalue weighted by Gasteiger charge is -2.11. The maximum absolute atomic E-state index is 13.4. The molecule has 0 saturated heterocycles. The van der Waals surface area contributed by atoms with Crippen LogP contribution in [0, 0.1) is 26.6 Å². The molecule has 0 unspecified atom stereocenters. The second-order valence-electron chi connectivity index (χ2n) is 5.16. The van der Waals surface area contributed by atoms with Gasteiger partial charge >= 0.3 is 5.97 Å². The topological polar surface area (TPSA) is 37.3 Å². The van der Waals surface area contributed by atoms with Crippen LogP contribution in [0.25, 0.3) is 5.57 Å². The monoisotopic (exact) mass is 284 g/mol. The first kappa shape index (κ1) is 15.0. The number of carboxylic acids is 1. The second-order valence-corrected chi connectivity index (χ2v) is 5.16. The van der Waals surface area contributed by atoms with E-state index in [0.29, 0.717) is 16.7 Å². The Kier molecular flexibility index (Phi) is 4.22. The van der Waals surface area contributed by atoms with Gasteiger partial charge in [-0.25, -0.2) is 9.18 Å². The van der Waals surface area contributed by atoms with Crippen LogP contribution in [-0.4, -0.2) is 11.1 Å². The molecule has 0 amide bonds. The summed E-state index contributed by atoms with van der Waals surface area (Å²) in [5.41, 5.74) is 4.80. The molecule has 0 aliphatic rings. The van der Waals surface area contributed by atoms with Crippen molar-refractivity contribution < 1.29 is 14.3 Å². The van der Waals surface area contributed by atoms with E-state index in [-0.39, 0.29) is 5.82 Å². The number of halogens is 1. The average molecular weight is 284 g/mol. The number of hydrogen-bond donors (Lipinski definition) is 1. The molecule has 0 atom stereocenters. The van der Waals surface area contributed by atoms with Gasteiger partial charge in [-0.2, -0.15) is 0 Å². The fourth-order valence-corrected chi connectivity index (χ4v) is 2.18. The highest BCUT2D eigenvalue weighted by molar-refractivity contribution is 5.95. The van der Waals surface area contributed by atoms with Crippen LogP contribution in [-0.2, 0) is 4.79 Å². The van der Waals surface area contributed by atoms with Crippen molar-refractivity contribution in [3.8, 4) is 0 Å². The van der Waals surface area contributed by atoms with E-state index in [1.165, 1.54) is 6.07 Å². The lowest BCUT2D eigenvalue weighted by atomic mass is 9.94. The zero-order chi connectivity index (χ0) is 15.6. The van der Waals surface area contributed by atoms with Crippen LogP contribution in [0.4, 0.5) is 4.39 Å². The summed E-state index contributed by atoms with van der Waals surface area (Å²) in [4.78, 5) is 11.1. The maximum Gasteiger partial charge on any atom is 0.328 e. The highest BCUT2D eigenvalue weighted by Gasteiger charge is 2.10. The first-order valence-electron chi connectivity index (χ1n) is 6.67. The molecule has 2 nitrogen and oxygen atoms in total. The van der Waals surface area contributed by atoms with Crippen LogP contribution < -0.4 is 0 Å². The third kappa shape index (κ3) is 3.37. The molecule has 0 heterocycles. The molecule has 0 bridgehead atoms. The molecule has 2 aromatic carbocycles. The molecule has 0 aliphatic carbocycles. The largest absolute Gasteiger partial charge is 0.478 e. The Labute approximate surface area is 123 Å². The molecular formula is C18H17FO2. The number of carbonyl (C=O) groups is 1. The lowest BCUT2D eigenvalue weighted by Crippen LogP contribution is -1.97. The predicted molar refractivity (Wildman–Crippen MR) is 81.8 cm³/mol. The van der Waals surface area contributed by atoms with Crippen molar-refractivity contribution in [2.24, 2.45) is 0 Å². The third-order valence-electron chi connectivity index (χ3n) is 3.55. The van der Waals surface area contributed by atoms with Gasteiger partial charge in [0.2, 0.25) is 0 Å². The van der Waals surface area contributed by atoms with Crippen molar-refractivity contribution in [2.45, 2.75) is 20.8 Å². The molecule has 2 rings (SSSR count). The molecule has 1 N–H and O–H groups in total. The molecule has 0 saturated carbocycles. The van der Waals surface area contributed by atoms with Crippen LogP contribution in [0.15, 0.2) is 42.5 Å². The van der Waals surface area contributed by atoms with Gasteiger partial charge in [0.15, 0.2) is 0 Å². The molecule has 108 valence electrons. The number of aliphatic carboxylic acids is 1. The van der Waals surface area contributed by atoms with E-state index in [0.717, 1.165) is 22.8 Å². The molecule has 0 spiro atoms. The minimum Gasteiger partial charge on any atom is -0.478 e. The zero-order valence-corrected chi connectivity index (χ0v) is 12.3. The first-order chi connectivity index (χ1) is 9.88. The maximum atomic E-state index is 13.4. The quantitative estimate of drug-likeness (QED) is 0.855. The molecule has 21 heavy (non-hydrogen) atoms. The van der Waals surface area contributed by atoms with Crippen molar-refractivity contribution >= 4 is 11.5 Å². The van der Waals surface area contributed by atoms with Gasteiger partial charge in [-0.05, 0) is 66.3 Å². The van der Waals surface area contributed by atoms with Crippen LogP contribution in [0.1, 0.15) is 27.8 Å². The highest BCUT2D eigenvalue weighted by Crippen LogP contribution is 2.26. The number of rotatable bonds is 3. The van der Waals surface area contributed by atoms with Crippen LogP contribution >= 0.6 is 0 Å². The van der Waals surface area contributed by atoms with Gasteiger partial charge in [-0.15, -0.1) is 0 Å². The first-order valence-corrected chi connectivity index (χ1v) is 6.67. The molecule has 0 aliphatic heterocycles. The van der Waals surface area contributed by atoms with Gasteiger partial charge in [0.1, 0.15) is 5.82 Å². The smallest absolute Gasteiger partial charge is 0.328 e. The fourth-order valence-electron chi connectivity index (χ4n) is 2.18. The van der Waals surface area contributed by atoms with E-state index in [1.807, 2.05) is 32.0 Å². The Morgan fingerprint density at radius 1 is 0.952 bits per heavy atom. The Hall–Kier alpha value is -2.42. The van der Waals surface area contributed by atoms with Crippen molar-refractivity contribution in [2.75, 3.05) is 0 Å². The van der Waals surface area contributed by atoms with Crippen molar-refractivity contribution in [1.82, 2.24) is 0 Å². The van der Waals surface area contributed by atoms with Gasteiger partial charge < -0.3 is 5.11 Å². The summed E-state index contributed by atoms with van der Waals surface area (Å²) in [5.74, 6) is -1.32. The van der Waals surface area contributed by atoms with E-state index in [1.54, 1.807) is 19.1 Å². The van der Waals surface area contributed by atoms with Gasteiger partial charge in [0, 0.05) is 6.08 Å². The minimum absolute atomic E-state index is 0.298. The summed E-state index contributed by atoms with van der Waals surface area (Å²) in [5, 5.41) is 9.10. The number of aryl methyl sites for hydroxylation is 3. The molecular weight excluding hydrogens is 267 g/mol. The molecule has 0 aromatic heterocycles. The summed E-state index contributed by atoms with van der Waals surface area (Å²) in [6.07, 6.45) is 1.16. The summed E-state index contributed by atoms with van der Waals surface area (Å²) in [7, 11) is 0. The number of benzene rings is 2. The van der Waals surface area contributed by atoms with Crippen molar-refractivity contribution in [3.63, 3.8) is 0 Å². The van der Waals surface area contributed by atoms with Gasteiger partial charge in [0.25, 0.3) is 0 Å². The SMILES string of the molecule is Cc1ccc(/C(=C\C(=O)O)c2ccc(F)c(C)c2)cc1C. The number of hydrogen-bond acceptors (Lipinski definition) is 1. The van der Waals surface area contributed by atoms with Crippen molar-refractivity contribution in [1.29, 1.82) is 0 Å². The predicted octanol–water partition coefficient (Wildman–Crippen LogP) is 4.27. The number of carboxylic acid groups (broad SMARTS) is 1. The highest BCUT2D eigenvalue weighted by atomic mass is 19.1. The summed E-state index contributed by atoms with van der Waals surface area (Å²) in [6, 6.07) is 10.4. The minimum atomic E-state index is -1.02. The van der Waals surface area contributed by atoms with E-state index < -0.39 is 5.97 Å². The van der Waals surface area contributed by atoms with Crippen LogP contribution in [0.2, 0.25) is 0 Å². The van der Waals surface area contributed by atoms with Crippen LogP contribution in [0.5, 0.6) is 0 Å². The average Bonchev–Trinajstić information content (AvgIpc) is 2.42. The molecule has 2 aromatic rings. The Morgan fingerprint density at radius 3 is 2.05 bits per heavy atom. The fraction of sp³-hybridized carbons (Fsp3) is 0.167. The van der Waals surface area contributed by atoms with E-state index >= 15 is 0 Å². The normalized spacial score (nSPS) is 11.5. The molecule has 3 heteroatoms. The zero-order valence-electron chi connectivity index (χ0n) is 12.3. The third-order valence-corrected chi connectivity index (χ3v) is 3.55. The Morgan fingerprint density at radius 2 is 1.52 bits per heavy atom.